The standard InChI is InChI=1S/C23H21N3O3/c1-29-23(28)18-11-5-7-13-20(18)26-22(27)16-9-3-2-8-15(16)21-17-10-4-6-12-19(17)24-14-25-21/h2-3,5,7-9,11,13-14H,4,6,10,12H2,1H3,(H,26,27). The summed E-state index contributed by atoms with van der Waals surface area (Å²) in [6.07, 6.45) is 5.63. The molecule has 0 unspecified atom stereocenters. The first-order chi connectivity index (χ1) is 14.2. The highest BCUT2D eigenvalue weighted by Gasteiger charge is 2.21. The Labute approximate surface area is 169 Å². The molecule has 0 spiro atoms. The topological polar surface area (TPSA) is 81.2 Å². The molecule has 0 bridgehead atoms. The van der Waals surface area contributed by atoms with Gasteiger partial charge in [-0.05, 0) is 43.9 Å². The molecule has 146 valence electrons. The van der Waals surface area contributed by atoms with Crippen LogP contribution < -0.4 is 5.32 Å². The monoisotopic (exact) mass is 387 g/mol. The molecule has 0 saturated carbocycles. The quantitative estimate of drug-likeness (QED) is 0.683. The molecule has 6 nitrogen and oxygen atoms in total. The summed E-state index contributed by atoms with van der Waals surface area (Å²) in [7, 11) is 1.31. The second kappa shape index (κ2) is 8.22. The Morgan fingerprint density at radius 3 is 2.48 bits per heavy atom. The van der Waals surface area contributed by atoms with E-state index in [1.165, 1.54) is 7.11 Å². The minimum atomic E-state index is -0.501. The number of esters is 1. The van der Waals surface area contributed by atoms with Gasteiger partial charge in [-0.1, -0.05) is 30.3 Å². The second-order valence-corrected chi connectivity index (χ2v) is 6.89. The van der Waals surface area contributed by atoms with E-state index in [1.54, 1.807) is 36.7 Å². The minimum Gasteiger partial charge on any atom is -0.465 e. The number of anilines is 1. The average molecular weight is 387 g/mol. The van der Waals surface area contributed by atoms with Crippen molar-refractivity contribution < 1.29 is 14.3 Å². The average Bonchev–Trinajstić information content (AvgIpc) is 2.78. The maximum Gasteiger partial charge on any atom is 0.339 e. The Balaban J connectivity index is 1.72. The van der Waals surface area contributed by atoms with Crippen molar-refractivity contribution in [3.8, 4) is 11.3 Å². The fourth-order valence-electron chi connectivity index (χ4n) is 3.71. The number of fused-ring (bicyclic) bond motifs is 1. The minimum absolute atomic E-state index is 0.305. The lowest BCUT2D eigenvalue weighted by atomic mass is 9.90. The molecule has 1 aromatic heterocycles. The number of nitrogens with zero attached hydrogens (tertiary/aromatic N) is 2. The number of nitrogens with one attached hydrogen (secondary N) is 1. The summed E-state index contributed by atoms with van der Waals surface area (Å²) in [4.78, 5) is 34.1. The number of carbonyl (C=O) groups is 2. The highest BCUT2D eigenvalue weighted by Crippen LogP contribution is 2.31. The maximum absolute atomic E-state index is 13.1. The molecule has 0 saturated heterocycles. The highest BCUT2D eigenvalue weighted by molar-refractivity contribution is 6.11. The predicted molar refractivity (Wildman–Crippen MR) is 110 cm³/mol. The summed E-state index contributed by atoms with van der Waals surface area (Å²) in [5.41, 5.74) is 4.96. The van der Waals surface area contributed by atoms with Gasteiger partial charge in [-0.25, -0.2) is 14.8 Å². The lowest BCUT2D eigenvalue weighted by Gasteiger charge is -2.19. The van der Waals surface area contributed by atoms with Gasteiger partial charge in [0.25, 0.3) is 5.91 Å². The smallest absolute Gasteiger partial charge is 0.339 e. The number of amides is 1. The van der Waals surface area contributed by atoms with E-state index in [0.717, 1.165) is 48.2 Å². The van der Waals surface area contributed by atoms with Gasteiger partial charge in [-0.15, -0.1) is 0 Å². The molecule has 1 N–H and O–H groups in total. The van der Waals surface area contributed by atoms with Crippen molar-refractivity contribution in [3.05, 3.63) is 77.2 Å². The largest absolute Gasteiger partial charge is 0.465 e. The van der Waals surface area contributed by atoms with E-state index < -0.39 is 5.97 Å². The molecule has 0 aliphatic heterocycles. The second-order valence-electron chi connectivity index (χ2n) is 6.89. The Hall–Kier alpha value is -3.54. The number of carbonyl (C=O) groups excluding carboxylic acids is 2. The molecule has 4 rings (SSSR count). The van der Waals surface area contributed by atoms with Crippen LogP contribution in [0.5, 0.6) is 0 Å². The number of aryl methyl sites for hydroxylation is 1. The van der Waals surface area contributed by atoms with Gasteiger partial charge in [0.2, 0.25) is 0 Å². The van der Waals surface area contributed by atoms with Crippen molar-refractivity contribution in [2.24, 2.45) is 0 Å². The fourth-order valence-corrected chi connectivity index (χ4v) is 3.71. The zero-order valence-corrected chi connectivity index (χ0v) is 16.1. The molecule has 6 heteroatoms. The number of hydrogen-bond donors (Lipinski definition) is 1. The molecule has 1 aliphatic carbocycles. The van der Waals surface area contributed by atoms with Crippen LogP contribution in [0.15, 0.2) is 54.9 Å². The highest BCUT2D eigenvalue weighted by atomic mass is 16.5. The van der Waals surface area contributed by atoms with Crippen molar-refractivity contribution in [2.75, 3.05) is 12.4 Å². The SMILES string of the molecule is COC(=O)c1ccccc1NC(=O)c1ccccc1-c1ncnc2c1CCCC2. The van der Waals surface area contributed by atoms with Gasteiger partial charge in [0.1, 0.15) is 6.33 Å². The number of ether oxygens (including phenoxy) is 1. The van der Waals surface area contributed by atoms with E-state index >= 15 is 0 Å². The third-order valence-electron chi connectivity index (χ3n) is 5.13. The number of hydrogen-bond acceptors (Lipinski definition) is 5. The van der Waals surface area contributed by atoms with Crippen LogP contribution in [0.3, 0.4) is 0 Å². The predicted octanol–water partition coefficient (Wildman–Crippen LogP) is 4.06. The van der Waals surface area contributed by atoms with Crippen molar-refractivity contribution in [3.63, 3.8) is 0 Å². The Morgan fingerprint density at radius 2 is 1.66 bits per heavy atom. The summed E-state index contributed by atoms with van der Waals surface area (Å²) in [6.45, 7) is 0. The summed E-state index contributed by atoms with van der Waals surface area (Å²) in [5.74, 6) is -0.806. The van der Waals surface area contributed by atoms with Crippen molar-refractivity contribution in [2.45, 2.75) is 25.7 Å². The Morgan fingerprint density at radius 1 is 0.931 bits per heavy atom. The number of aromatic nitrogens is 2. The molecule has 29 heavy (non-hydrogen) atoms. The molecule has 0 fully saturated rings. The summed E-state index contributed by atoms with van der Waals surface area (Å²) >= 11 is 0. The lowest BCUT2D eigenvalue weighted by molar-refractivity contribution is 0.0602. The lowest BCUT2D eigenvalue weighted by Crippen LogP contribution is -2.17. The first-order valence-electron chi connectivity index (χ1n) is 9.60. The van der Waals surface area contributed by atoms with Gasteiger partial charge in [0.05, 0.1) is 24.1 Å². The first kappa shape index (κ1) is 18.8. The normalized spacial score (nSPS) is 12.7. The molecule has 3 aromatic rings. The molecule has 1 heterocycles. The zero-order valence-electron chi connectivity index (χ0n) is 16.1. The molecule has 1 aliphatic rings. The molecule has 0 radical (unpaired) electrons. The zero-order chi connectivity index (χ0) is 20.2. The first-order valence-corrected chi connectivity index (χ1v) is 9.60. The van der Waals surface area contributed by atoms with Gasteiger partial charge in [-0.2, -0.15) is 0 Å². The Kier molecular flexibility index (Phi) is 5.33. The van der Waals surface area contributed by atoms with Gasteiger partial charge >= 0.3 is 5.97 Å². The van der Waals surface area contributed by atoms with Crippen molar-refractivity contribution in [1.29, 1.82) is 0 Å². The molecule has 1 amide bonds. The summed E-state index contributed by atoms with van der Waals surface area (Å²) in [6, 6.07) is 14.2. The van der Waals surface area contributed by atoms with Gasteiger partial charge < -0.3 is 10.1 Å². The Bertz CT molecular complexity index is 1080. The van der Waals surface area contributed by atoms with E-state index in [9.17, 15) is 9.59 Å². The summed E-state index contributed by atoms with van der Waals surface area (Å²) in [5, 5.41) is 2.85. The van der Waals surface area contributed by atoms with E-state index in [0.29, 0.717) is 16.8 Å². The van der Waals surface area contributed by atoms with Crippen molar-refractivity contribution >= 4 is 17.6 Å². The van der Waals surface area contributed by atoms with E-state index in [4.69, 9.17) is 4.74 Å². The molecule has 0 atom stereocenters. The van der Waals surface area contributed by atoms with Gasteiger partial charge in [0.15, 0.2) is 0 Å². The fraction of sp³-hybridized carbons (Fsp3) is 0.217. The molecular weight excluding hydrogens is 366 g/mol. The van der Waals surface area contributed by atoms with E-state index in [1.807, 2.05) is 18.2 Å². The van der Waals surface area contributed by atoms with Crippen molar-refractivity contribution in [1.82, 2.24) is 9.97 Å². The molecule has 2 aromatic carbocycles. The van der Waals surface area contributed by atoms with E-state index in [-0.39, 0.29) is 5.91 Å². The summed E-state index contributed by atoms with van der Waals surface area (Å²) < 4.78 is 4.81. The van der Waals surface area contributed by atoms with Crippen LogP contribution in [0.25, 0.3) is 11.3 Å². The van der Waals surface area contributed by atoms with Crippen LogP contribution >= 0.6 is 0 Å². The third kappa shape index (κ3) is 3.74. The number of para-hydroxylation sites is 1. The van der Waals surface area contributed by atoms with E-state index in [2.05, 4.69) is 15.3 Å². The van der Waals surface area contributed by atoms with Crippen LogP contribution in [-0.2, 0) is 17.6 Å². The number of methoxy groups -OCH3 is 1. The van der Waals surface area contributed by atoms with Crippen LogP contribution in [0.4, 0.5) is 5.69 Å². The maximum atomic E-state index is 13.1. The number of benzene rings is 2. The molecular formula is C23H21N3O3. The van der Waals surface area contributed by atoms with Gasteiger partial charge in [0, 0.05) is 22.4 Å². The van der Waals surface area contributed by atoms with Crippen LogP contribution in [-0.4, -0.2) is 29.0 Å². The van der Waals surface area contributed by atoms with Gasteiger partial charge in [-0.3, -0.25) is 4.79 Å². The third-order valence-corrected chi connectivity index (χ3v) is 5.13. The van der Waals surface area contributed by atoms with Crippen LogP contribution in [0.2, 0.25) is 0 Å². The van der Waals surface area contributed by atoms with Crippen LogP contribution in [0.1, 0.15) is 44.8 Å². The number of rotatable bonds is 4. The van der Waals surface area contributed by atoms with Crippen LogP contribution in [0, 0.1) is 0 Å².